The molecule has 3 aromatic rings. The largest absolute Gasteiger partial charge is 0.353 e. The standard InChI is InChI=1S/C23H26N6O/c1-17-8-10-20(11-9-17)25-22-24-18(2)16-21(27-22)28-12-14-29(15-13-28)23(30)26-19-6-4-3-5-7-19/h3-11,16H,12-15H2,1-2H3,(H,26,30)(H,24,25,27). The molecule has 0 bridgehead atoms. The third-order valence-electron chi connectivity index (χ3n) is 5.06. The average Bonchev–Trinajstić information content (AvgIpc) is 2.76. The Kier molecular flexibility index (Phi) is 5.79. The zero-order valence-electron chi connectivity index (χ0n) is 17.3. The molecule has 2 N–H and O–H groups in total. The lowest BCUT2D eigenvalue weighted by Gasteiger charge is -2.35. The van der Waals surface area contributed by atoms with E-state index in [9.17, 15) is 4.79 Å². The number of carbonyl (C=O) groups excluding carboxylic acids is 1. The quantitative estimate of drug-likeness (QED) is 0.685. The average molecular weight is 403 g/mol. The number of hydrogen-bond acceptors (Lipinski definition) is 5. The van der Waals surface area contributed by atoms with Crippen LogP contribution in [0, 0.1) is 13.8 Å². The molecule has 1 saturated heterocycles. The van der Waals surface area contributed by atoms with E-state index >= 15 is 0 Å². The first-order valence-corrected chi connectivity index (χ1v) is 10.1. The monoisotopic (exact) mass is 402 g/mol. The predicted molar refractivity (Wildman–Crippen MR) is 120 cm³/mol. The van der Waals surface area contributed by atoms with E-state index in [1.54, 1.807) is 0 Å². The minimum absolute atomic E-state index is 0.0681. The first-order chi connectivity index (χ1) is 14.6. The number of benzene rings is 2. The molecule has 0 spiro atoms. The molecule has 1 fully saturated rings. The van der Waals surface area contributed by atoms with Crippen molar-refractivity contribution in [2.45, 2.75) is 13.8 Å². The Bertz CT molecular complexity index is 998. The van der Waals surface area contributed by atoms with Gasteiger partial charge in [0.15, 0.2) is 0 Å². The number of carbonyl (C=O) groups is 1. The van der Waals surface area contributed by atoms with Crippen LogP contribution in [-0.4, -0.2) is 47.1 Å². The fourth-order valence-corrected chi connectivity index (χ4v) is 3.40. The van der Waals surface area contributed by atoms with E-state index in [0.717, 1.165) is 36.0 Å². The third kappa shape index (κ3) is 4.86. The second-order valence-electron chi connectivity index (χ2n) is 7.45. The molecule has 7 nitrogen and oxygen atoms in total. The highest BCUT2D eigenvalue weighted by Gasteiger charge is 2.22. The van der Waals surface area contributed by atoms with Gasteiger partial charge in [-0.25, -0.2) is 9.78 Å². The summed E-state index contributed by atoms with van der Waals surface area (Å²) < 4.78 is 0. The van der Waals surface area contributed by atoms with Gasteiger partial charge in [0, 0.05) is 49.3 Å². The van der Waals surface area contributed by atoms with Gasteiger partial charge in [-0.2, -0.15) is 4.98 Å². The van der Waals surface area contributed by atoms with Crippen molar-refractivity contribution < 1.29 is 4.79 Å². The van der Waals surface area contributed by atoms with E-state index in [1.165, 1.54) is 5.56 Å². The number of urea groups is 1. The van der Waals surface area contributed by atoms with Gasteiger partial charge in [-0.3, -0.25) is 0 Å². The van der Waals surface area contributed by atoms with Crippen LogP contribution in [0.2, 0.25) is 0 Å². The van der Waals surface area contributed by atoms with Gasteiger partial charge < -0.3 is 20.4 Å². The lowest BCUT2D eigenvalue weighted by atomic mass is 10.2. The molecule has 0 atom stereocenters. The highest BCUT2D eigenvalue weighted by Crippen LogP contribution is 2.20. The molecule has 2 aromatic carbocycles. The van der Waals surface area contributed by atoms with E-state index in [1.807, 2.05) is 60.4 Å². The van der Waals surface area contributed by atoms with E-state index in [0.29, 0.717) is 19.0 Å². The molecular weight excluding hydrogens is 376 g/mol. The van der Waals surface area contributed by atoms with Crippen LogP contribution in [0.4, 0.5) is 27.9 Å². The summed E-state index contributed by atoms with van der Waals surface area (Å²) in [7, 11) is 0. The van der Waals surface area contributed by atoms with Crippen molar-refractivity contribution in [3.63, 3.8) is 0 Å². The molecule has 7 heteroatoms. The van der Waals surface area contributed by atoms with Crippen LogP contribution in [0.25, 0.3) is 0 Å². The van der Waals surface area contributed by atoms with Crippen LogP contribution in [0.15, 0.2) is 60.7 Å². The van der Waals surface area contributed by atoms with Crippen molar-refractivity contribution in [3.05, 3.63) is 71.9 Å². The van der Waals surface area contributed by atoms with Crippen LogP contribution in [0.1, 0.15) is 11.3 Å². The van der Waals surface area contributed by atoms with Crippen LogP contribution in [0.5, 0.6) is 0 Å². The lowest BCUT2D eigenvalue weighted by molar-refractivity contribution is 0.208. The minimum atomic E-state index is -0.0681. The van der Waals surface area contributed by atoms with Crippen LogP contribution in [0.3, 0.4) is 0 Å². The van der Waals surface area contributed by atoms with Gasteiger partial charge in [-0.05, 0) is 38.1 Å². The van der Waals surface area contributed by atoms with E-state index in [2.05, 4.69) is 39.6 Å². The van der Waals surface area contributed by atoms with Gasteiger partial charge in [0.05, 0.1) is 0 Å². The summed E-state index contributed by atoms with van der Waals surface area (Å²) in [4.78, 5) is 25.7. The Morgan fingerprint density at radius 1 is 0.867 bits per heavy atom. The maximum Gasteiger partial charge on any atom is 0.321 e. The maximum atomic E-state index is 12.5. The van der Waals surface area contributed by atoms with E-state index < -0.39 is 0 Å². The number of nitrogens with one attached hydrogen (secondary N) is 2. The number of nitrogens with zero attached hydrogens (tertiary/aromatic N) is 4. The van der Waals surface area contributed by atoms with Crippen molar-refractivity contribution in [2.75, 3.05) is 41.7 Å². The molecule has 30 heavy (non-hydrogen) atoms. The number of anilines is 4. The normalized spacial score (nSPS) is 13.8. The van der Waals surface area contributed by atoms with Crippen LogP contribution >= 0.6 is 0 Å². The third-order valence-corrected chi connectivity index (χ3v) is 5.06. The van der Waals surface area contributed by atoms with Crippen LogP contribution < -0.4 is 15.5 Å². The first-order valence-electron chi connectivity index (χ1n) is 10.1. The van der Waals surface area contributed by atoms with Crippen molar-refractivity contribution >= 4 is 29.2 Å². The van der Waals surface area contributed by atoms with Crippen molar-refractivity contribution in [2.24, 2.45) is 0 Å². The number of aryl methyl sites for hydroxylation is 2. The number of amides is 2. The molecule has 154 valence electrons. The summed E-state index contributed by atoms with van der Waals surface area (Å²) in [6.07, 6.45) is 0. The van der Waals surface area contributed by atoms with Crippen LogP contribution in [-0.2, 0) is 0 Å². The lowest BCUT2D eigenvalue weighted by Crippen LogP contribution is -2.50. The first kappa shape index (κ1) is 19.7. The highest BCUT2D eigenvalue weighted by molar-refractivity contribution is 5.89. The number of aromatic nitrogens is 2. The summed E-state index contributed by atoms with van der Waals surface area (Å²) in [5.41, 5.74) is 3.88. The van der Waals surface area contributed by atoms with Crippen molar-refractivity contribution in [3.8, 4) is 0 Å². The SMILES string of the molecule is Cc1ccc(Nc2nc(C)cc(N3CCN(C(=O)Nc4ccccc4)CC3)n2)cc1. The maximum absolute atomic E-state index is 12.5. The van der Waals surface area contributed by atoms with E-state index in [4.69, 9.17) is 4.98 Å². The Labute approximate surface area is 176 Å². The molecule has 0 aliphatic carbocycles. The topological polar surface area (TPSA) is 73.4 Å². The second kappa shape index (κ2) is 8.82. The Hall–Kier alpha value is -3.61. The van der Waals surface area contributed by atoms with E-state index in [-0.39, 0.29) is 6.03 Å². The Balaban J connectivity index is 1.38. The molecular formula is C23H26N6O. The fourth-order valence-electron chi connectivity index (χ4n) is 3.40. The zero-order chi connectivity index (χ0) is 20.9. The Morgan fingerprint density at radius 2 is 1.57 bits per heavy atom. The van der Waals surface area contributed by atoms with Gasteiger partial charge in [-0.1, -0.05) is 35.9 Å². The molecule has 1 aliphatic heterocycles. The van der Waals surface area contributed by atoms with Crippen molar-refractivity contribution in [1.82, 2.24) is 14.9 Å². The van der Waals surface area contributed by atoms with Gasteiger partial charge in [0.25, 0.3) is 0 Å². The molecule has 1 aliphatic rings. The fraction of sp³-hybridized carbons (Fsp3) is 0.261. The molecule has 2 heterocycles. The van der Waals surface area contributed by atoms with Gasteiger partial charge in [0.1, 0.15) is 5.82 Å². The number of hydrogen-bond donors (Lipinski definition) is 2. The smallest absolute Gasteiger partial charge is 0.321 e. The van der Waals surface area contributed by atoms with Gasteiger partial charge in [-0.15, -0.1) is 0 Å². The molecule has 1 aromatic heterocycles. The molecule has 0 saturated carbocycles. The second-order valence-corrected chi connectivity index (χ2v) is 7.45. The summed E-state index contributed by atoms with van der Waals surface area (Å²) in [6, 6.07) is 19.6. The number of para-hydroxylation sites is 1. The molecule has 4 rings (SSSR count). The highest BCUT2D eigenvalue weighted by atomic mass is 16.2. The molecule has 0 unspecified atom stereocenters. The molecule has 2 amide bonds. The number of piperazine rings is 1. The zero-order valence-corrected chi connectivity index (χ0v) is 17.3. The van der Waals surface area contributed by atoms with Gasteiger partial charge in [0.2, 0.25) is 5.95 Å². The summed E-state index contributed by atoms with van der Waals surface area (Å²) in [5, 5.41) is 6.23. The molecule has 0 radical (unpaired) electrons. The predicted octanol–water partition coefficient (Wildman–Crippen LogP) is 4.19. The summed E-state index contributed by atoms with van der Waals surface area (Å²) in [6.45, 7) is 6.76. The summed E-state index contributed by atoms with van der Waals surface area (Å²) >= 11 is 0. The summed E-state index contributed by atoms with van der Waals surface area (Å²) in [5.74, 6) is 1.46. The van der Waals surface area contributed by atoms with Gasteiger partial charge >= 0.3 is 6.03 Å². The Morgan fingerprint density at radius 3 is 2.27 bits per heavy atom. The van der Waals surface area contributed by atoms with Crippen molar-refractivity contribution in [1.29, 1.82) is 0 Å². The minimum Gasteiger partial charge on any atom is -0.353 e. The number of rotatable bonds is 4.